The van der Waals surface area contributed by atoms with Crippen molar-refractivity contribution in [1.29, 1.82) is 0 Å². The molecule has 4 rings (SSSR count). The predicted octanol–water partition coefficient (Wildman–Crippen LogP) is 2.98. The van der Waals surface area contributed by atoms with Gasteiger partial charge in [-0.3, -0.25) is 9.59 Å². The average molecular weight is 397 g/mol. The lowest BCUT2D eigenvalue weighted by molar-refractivity contribution is 0.0441. The van der Waals surface area contributed by atoms with Gasteiger partial charge in [-0.1, -0.05) is 32.8 Å². The third-order valence-corrected chi connectivity index (χ3v) is 6.29. The lowest BCUT2D eigenvalue weighted by atomic mass is 9.77. The Kier molecular flexibility index (Phi) is 5.30. The van der Waals surface area contributed by atoms with Gasteiger partial charge in [-0.25, -0.2) is 4.68 Å². The van der Waals surface area contributed by atoms with Gasteiger partial charge < -0.3 is 14.4 Å². The van der Waals surface area contributed by atoms with Crippen molar-refractivity contribution in [1.82, 2.24) is 14.7 Å². The Balaban J connectivity index is 1.67. The molecule has 0 spiro atoms. The SMILES string of the molecule is C[C@H]1[C@H](C)CCC[C@H]1N(Cc1ccc2c(c1)OCO2)C(=O)c1ccc(=O)n(C)n1. The number of amides is 1. The summed E-state index contributed by atoms with van der Waals surface area (Å²) in [6.07, 6.45) is 3.25. The zero-order chi connectivity index (χ0) is 20.5. The number of carbonyl (C=O) groups is 1. The lowest BCUT2D eigenvalue weighted by Crippen LogP contribution is -2.47. The number of nitrogens with zero attached hydrogens (tertiary/aromatic N) is 3. The molecule has 1 aliphatic carbocycles. The first kappa shape index (κ1) is 19.5. The summed E-state index contributed by atoms with van der Waals surface area (Å²) in [5.41, 5.74) is 1.04. The highest BCUT2D eigenvalue weighted by Crippen LogP contribution is 2.36. The fourth-order valence-corrected chi connectivity index (χ4v) is 4.33. The fourth-order valence-electron chi connectivity index (χ4n) is 4.33. The van der Waals surface area contributed by atoms with Gasteiger partial charge in [0.15, 0.2) is 11.5 Å². The predicted molar refractivity (Wildman–Crippen MR) is 108 cm³/mol. The summed E-state index contributed by atoms with van der Waals surface area (Å²) in [4.78, 5) is 27.1. The van der Waals surface area contributed by atoms with Crippen molar-refractivity contribution in [2.45, 2.75) is 45.7 Å². The summed E-state index contributed by atoms with van der Waals surface area (Å²) in [5.74, 6) is 2.22. The van der Waals surface area contributed by atoms with Crippen LogP contribution in [0.3, 0.4) is 0 Å². The second-order valence-corrected chi connectivity index (χ2v) is 8.14. The van der Waals surface area contributed by atoms with E-state index in [9.17, 15) is 9.59 Å². The molecule has 7 nitrogen and oxygen atoms in total. The van der Waals surface area contributed by atoms with Crippen LogP contribution in [0.15, 0.2) is 35.1 Å². The van der Waals surface area contributed by atoms with Gasteiger partial charge in [0.25, 0.3) is 11.5 Å². The maximum Gasteiger partial charge on any atom is 0.274 e. The van der Waals surface area contributed by atoms with Crippen molar-refractivity contribution < 1.29 is 14.3 Å². The molecule has 29 heavy (non-hydrogen) atoms. The van der Waals surface area contributed by atoms with Crippen LogP contribution in [0, 0.1) is 11.8 Å². The maximum atomic E-state index is 13.5. The summed E-state index contributed by atoms with van der Waals surface area (Å²) < 4.78 is 12.1. The van der Waals surface area contributed by atoms with Gasteiger partial charge in [-0.05, 0) is 42.0 Å². The number of fused-ring (bicyclic) bond motifs is 1. The van der Waals surface area contributed by atoms with Crippen LogP contribution in [-0.2, 0) is 13.6 Å². The van der Waals surface area contributed by atoms with Crippen LogP contribution < -0.4 is 15.0 Å². The van der Waals surface area contributed by atoms with Crippen molar-refractivity contribution in [3.63, 3.8) is 0 Å². The molecule has 1 amide bonds. The number of ether oxygens (including phenoxy) is 2. The van der Waals surface area contributed by atoms with E-state index >= 15 is 0 Å². The number of carbonyl (C=O) groups excluding carboxylic acids is 1. The van der Waals surface area contributed by atoms with Crippen molar-refractivity contribution in [3.05, 3.63) is 51.9 Å². The van der Waals surface area contributed by atoms with Gasteiger partial charge in [-0.15, -0.1) is 0 Å². The fraction of sp³-hybridized carbons (Fsp3) is 0.500. The average Bonchev–Trinajstić information content (AvgIpc) is 3.18. The van der Waals surface area contributed by atoms with Crippen LogP contribution in [0.5, 0.6) is 11.5 Å². The number of benzene rings is 1. The Labute approximate surface area is 170 Å². The molecule has 1 aromatic carbocycles. The zero-order valence-corrected chi connectivity index (χ0v) is 17.1. The smallest absolute Gasteiger partial charge is 0.274 e. The van der Waals surface area contributed by atoms with Gasteiger partial charge >= 0.3 is 0 Å². The van der Waals surface area contributed by atoms with Crippen LogP contribution >= 0.6 is 0 Å². The standard InChI is InChI=1S/C22H27N3O4/c1-14-5-4-6-18(15(14)2)25(22(27)17-8-10-21(26)24(3)23-17)12-16-7-9-19-20(11-16)29-13-28-19/h7-11,14-15,18H,4-6,12-13H2,1-3H3/t14-,15+,18-/m1/s1. The minimum absolute atomic E-state index is 0.121. The van der Waals surface area contributed by atoms with Crippen LogP contribution in [0.1, 0.15) is 49.2 Å². The van der Waals surface area contributed by atoms with Crippen LogP contribution in [0.2, 0.25) is 0 Å². The van der Waals surface area contributed by atoms with Crippen LogP contribution in [0.25, 0.3) is 0 Å². The molecule has 1 saturated carbocycles. The molecule has 0 radical (unpaired) electrons. The van der Waals surface area contributed by atoms with Crippen molar-refractivity contribution in [2.75, 3.05) is 6.79 Å². The molecule has 2 aromatic rings. The largest absolute Gasteiger partial charge is 0.454 e. The summed E-state index contributed by atoms with van der Waals surface area (Å²) >= 11 is 0. The minimum Gasteiger partial charge on any atom is -0.454 e. The molecule has 1 aromatic heterocycles. The quantitative estimate of drug-likeness (QED) is 0.793. The number of aromatic nitrogens is 2. The molecule has 0 bridgehead atoms. The second kappa shape index (κ2) is 7.89. The Morgan fingerprint density at radius 2 is 1.97 bits per heavy atom. The van der Waals surface area contributed by atoms with E-state index in [2.05, 4.69) is 18.9 Å². The Morgan fingerprint density at radius 1 is 1.17 bits per heavy atom. The number of hydrogen-bond acceptors (Lipinski definition) is 5. The Morgan fingerprint density at radius 3 is 2.76 bits per heavy atom. The molecule has 2 heterocycles. The van der Waals surface area contributed by atoms with Gasteiger partial charge in [0.05, 0.1) is 0 Å². The summed E-state index contributed by atoms with van der Waals surface area (Å²) in [6.45, 7) is 5.16. The van der Waals surface area contributed by atoms with Gasteiger partial charge in [-0.2, -0.15) is 5.10 Å². The summed E-state index contributed by atoms with van der Waals surface area (Å²) in [6, 6.07) is 8.83. The molecule has 3 atom stereocenters. The van der Waals surface area contributed by atoms with E-state index in [0.717, 1.165) is 24.2 Å². The monoisotopic (exact) mass is 397 g/mol. The van der Waals surface area contributed by atoms with Crippen molar-refractivity contribution >= 4 is 5.91 Å². The molecule has 154 valence electrons. The zero-order valence-electron chi connectivity index (χ0n) is 17.1. The maximum absolute atomic E-state index is 13.5. The second-order valence-electron chi connectivity index (χ2n) is 8.14. The Bertz CT molecular complexity index is 971. The molecule has 2 aliphatic rings. The van der Waals surface area contributed by atoms with Crippen LogP contribution in [0.4, 0.5) is 0 Å². The summed E-state index contributed by atoms with van der Waals surface area (Å²) in [7, 11) is 1.56. The highest BCUT2D eigenvalue weighted by Gasteiger charge is 2.35. The molecular weight excluding hydrogens is 370 g/mol. The first-order valence-corrected chi connectivity index (χ1v) is 10.2. The topological polar surface area (TPSA) is 73.7 Å². The van der Waals surface area contributed by atoms with Gasteiger partial charge in [0.1, 0.15) is 5.69 Å². The number of hydrogen-bond donors (Lipinski definition) is 0. The lowest BCUT2D eigenvalue weighted by Gasteiger charge is -2.41. The van der Waals surface area contributed by atoms with E-state index < -0.39 is 0 Å². The molecule has 7 heteroatoms. The van der Waals surface area contributed by atoms with E-state index in [1.165, 1.54) is 23.2 Å². The van der Waals surface area contributed by atoms with Gasteiger partial charge in [0.2, 0.25) is 6.79 Å². The highest BCUT2D eigenvalue weighted by molar-refractivity contribution is 5.92. The number of aryl methyl sites for hydroxylation is 1. The highest BCUT2D eigenvalue weighted by atomic mass is 16.7. The van der Waals surface area contributed by atoms with Crippen LogP contribution in [-0.4, -0.2) is 33.4 Å². The van der Waals surface area contributed by atoms with Crippen molar-refractivity contribution in [2.24, 2.45) is 18.9 Å². The van der Waals surface area contributed by atoms with Gasteiger partial charge in [0, 0.05) is 25.7 Å². The minimum atomic E-state index is -0.233. The Hall–Kier alpha value is -2.83. The molecule has 0 N–H and O–H groups in total. The number of rotatable bonds is 4. The molecule has 1 aliphatic heterocycles. The molecular formula is C22H27N3O4. The van der Waals surface area contributed by atoms with E-state index in [-0.39, 0.29) is 24.3 Å². The molecule has 0 unspecified atom stereocenters. The third-order valence-electron chi connectivity index (χ3n) is 6.29. The van der Waals surface area contributed by atoms with E-state index in [1.807, 2.05) is 23.1 Å². The molecule has 1 fully saturated rings. The van der Waals surface area contributed by atoms with Crippen molar-refractivity contribution in [3.8, 4) is 11.5 Å². The first-order valence-electron chi connectivity index (χ1n) is 10.2. The third kappa shape index (κ3) is 3.86. The van der Waals surface area contributed by atoms with E-state index in [1.54, 1.807) is 7.05 Å². The van der Waals surface area contributed by atoms with E-state index in [4.69, 9.17) is 9.47 Å². The van der Waals surface area contributed by atoms with E-state index in [0.29, 0.717) is 29.8 Å². The first-order chi connectivity index (χ1) is 13.9. The normalized spacial score (nSPS) is 23.1. The summed E-state index contributed by atoms with van der Waals surface area (Å²) in [5, 5.41) is 4.20. The molecule has 0 saturated heterocycles.